The minimum Gasteiger partial charge on any atom is -0.368 e. The van der Waals surface area contributed by atoms with E-state index in [1.54, 1.807) is 6.20 Å². The maximum Gasteiger partial charge on any atom is 0.224 e. The third-order valence-electron chi connectivity index (χ3n) is 6.34. The maximum atomic E-state index is 12.7. The monoisotopic (exact) mass is 408 g/mol. The number of aromatic nitrogens is 2. The summed E-state index contributed by atoms with van der Waals surface area (Å²) in [7, 11) is 0. The van der Waals surface area contributed by atoms with Crippen molar-refractivity contribution in [2.24, 2.45) is 5.92 Å². The molecule has 0 aliphatic carbocycles. The molecule has 1 amide bonds. The molecule has 2 aliphatic heterocycles. The molecule has 1 aromatic heterocycles. The van der Waals surface area contributed by atoms with Crippen LogP contribution in [0.3, 0.4) is 0 Å². The minimum absolute atomic E-state index is 0.106. The van der Waals surface area contributed by atoms with E-state index in [2.05, 4.69) is 37.2 Å². The van der Waals surface area contributed by atoms with Crippen molar-refractivity contribution in [3.8, 4) is 0 Å². The highest BCUT2D eigenvalue weighted by atomic mass is 16.1. The standard InChI is InChI=1S/C23H32N6O/c24-23-26-13-9-21(27-23)28-15-10-20(11-16-28)29-14-4-7-19(17-29)22(30)25-12-8-18-5-2-1-3-6-18/h1-3,5-6,9,13,19-20H,4,7-8,10-12,14-17H2,(H,25,30)(H2,24,26,27)/t19-/m0/s1. The van der Waals surface area contributed by atoms with Crippen molar-refractivity contribution >= 4 is 17.7 Å². The number of anilines is 2. The summed E-state index contributed by atoms with van der Waals surface area (Å²) < 4.78 is 0. The Labute approximate surface area is 178 Å². The van der Waals surface area contributed by atoms with Crippen LogP contribution in [0.5, 0.6) is 0 Å². The van der Waals surface area contributed by atoms with Gasteiger partial charge in [0.25, 0.3) is 0 Å². The van der Waals surface area contributed by atoms with E-state index in [0.29, 0.717) is 18.5 Å². The molecule has 2 aliphatic rings. The first kappa shape index (κ1) is 20.6. The molecular weight excluding hydrogens is 376 g/mol. The number of nitrogen functional groups attached to an aromatic ring is 1. The number of hydrogen-bond acceptors (Lipinski definition) is 6. The predicted octanol–water partition coefficient (Wildman–Crippen LogP) is 2.10. The van der Waals surface area contributed by atoms with Gasteiger partial charge in [-0.25, -0.2) is 4.98 Å². The van der Waals surface area contributed by atoms with Crippen LogP contribution in [0.25, 0.3) is 0 Å². The molecule has 0 bridgehead atoms. The zero-order chi connectivity index (χ0) is 20.8. The predicted molar refractivity (Wildman–Crippen MR) is 119 cm³/mol. The van der Waals surface area contributed by atoms with Crippen molar-refractivity contribution in [3.63, 3.8) is 0 Å². The molecule has 2 fully saturated rings. The van der Waals surface area contributed by atoms with Crippen molar-refractivity contribution in [3.05, 3.63) is 48.2 Å². The van der Waals surface area contributed by atoms with Crippen molar-refractivity contribution in [2.45, 2.75) is 38.1 Å². The third-order valence-corrected chi connectivity index (χ3v) is 6.34. The Hall–Kier alpha value is -2.67. The summed E-state index contributed by atoms with van der Waals surface area (Å²) in [6.07, 6.45) is 6.87. The zero-order valence-corrected chi connectivity index (χ0v) is 17.5. The normalized spacial score (nSPS) is 20.8. The molecule has 7 nitrogen and oxygen atoms in total. The summed E-state index contributed by atoms with van der Waals surface area (Å²) in [6.45, 7) is 4.61. The van der Waals surface area contributed by atoms with Gasteiger partial charge in [-0.15, -0.1) is 0 Å². The molecule has 2 aromatic rings. The molecular formula is C23H32N6O. The van der Waals surface area contributed by atoms with Crippen LogP contribution >= 0.6 is 0 Å². The number of carbonyl (C=O) groups is 1. The molecule has 3 N–H and O–H groups in total. The molecule has 1 aromatic carbocycles. The van der Waals surface area contributed by atoms with Gasteiger partial charge in [-0.1, -0.05) is 30.3 Å². The van der Waals surface area contributed by atoms with Gasteiger partial charge >= 0.3 is 0 Å². The second-order valence-electron chi connectivity index (χ2n) is 8.35. The molecule has 30 heavy (non-hydrogen) atoms. The summed E-state index contributed by atoms with van der Waals surface area (Å²) in [4.78, 5) is 25.9. The van der Waals surface area contributed by atoms with Crippen molar-refractivity contribution in [1.29, 1.82) is 0 Å². The molecule has 3 heterocycles. The Kier molecular flexibility index (Phi) is 6.79. The fourth-order valence-electron chi connectivity index (χ4n) is 4.67. The maximum absolute atomic E-state index is 12.7. The third kappa shape index (κ3) is 5.27. The van der Waals surface area contributed by atoms with E-state index in [-0.39, 0.29) is 11.8 Å². The Morgan fingerprint density at radius 2 is 1.90 bits per heavy atom. The number of amides is 1. The van der Waals surface area contributed by atoms with E-state index in [4.69, 9.17) is 5.73 Å². The molecule has 1 atom stereocenters. The van der Waals surface area contributed by atoms with E-state index < -0.39 is 0 Å². The van der Waals surface area contributed by atoms with Gasteiger partial charge in [0.1, 0.15) is 5.82 Å². The van der Waals surface area contributed by atoms with Gasteiger partial charge in [-0.3, -0.25) is 9.69 Å². The first-order chi connectivity index (χ1) is 14.7. The van der Waals surface area contributed by atoms with E-state index in [1.165, 1.54) is 5.56 Å². The number of nitrogens with zero attached hydrogens (tertiary/aromatic N) is 4. The Morgan fingerprint density at radius 1 is 1.10 bits per heavy atom. The molecule has 0 radical (unpaired) electrons. The summed E-state index contributed by atoms with van der Waals surface area (Å²) in [5, 5.41) is 3.16. The quantitative estimate of drug-likeness (QED) is 0.761. The van der Waals surface area contributed by atoms with E-state index >= 15 is 0 Å². The van der Waals surface area contributed by atoms with Gasteiger partial charge in [-0.05, 0) is 50.3 Å². The number of piperidine rings is 2. The van der Waals surface area contributed by atoms with Gasteiger partial charge in [0, 0.05) is 38.4 Å². The molecule has 0 saturated carbocycles. The summed E-state index contributed by atoms with van der Waals surface area (Å²) >= 11 is 0. The molecule has 2 saturated heterocycles. The van der Waals surface area contributed by atoms with Crippen molar-refractivity contribution in [1.82, 2.24) is 20.2 Å². The van der Waals surface area contributed by atoms with Crippen molar-refractivity contribution in [2.75, 3.05) is 43.4 Å². The highest BCUT2D eigenvalue weighted by molar-refractivity contribution is 5.79. The highest BCUT2D eigenvalue weighted by Crippen LogP contribution is 2.26. The average Bonchev–Trinajstić information content (AvgIpc) is 2.80. The molecule has 0 unspecified atom stereocenters. The van der Waals surface area contributed by atoms with Gasteiger partial charge in [0.05, 0.1) is 5.92 Å². The number of carbonyl (C=O) groups excluding carboxylic acids is 1. The fraction of sp³-hybridized carbons (Fsp3) is 0.522. The van der Waals surface area contributed by atoms with Crippen LogP contribution < -0.4 is 16.0 Å². The Morgan fingerprint density at radius 3 is 2.67 bits per heavy atom. The number of likely N-dealkylation sites (tertiary alicyclic amines) is 1. The average molecular weight is 409 g/mol. The van der Waals surface area contributed by atoms with E-state index in [1.807, 2.05) is 24.3 Å². The second kappa shape index (κ2) is 9.89. The summed E-state index contributed by atoms with van der Waals surface area (Å²) in [5.41, 5.74) is 6.99. The van der Waals surface area contributed by atoms with Crippen LogP contribution in [0, 0.1) is 5.92 Å². The fourth-order valence-corrected chi connectivity index (χ4v) is 4.67. The number of hydrogen-bond donors (Lipinski definition) is 2. The Bertz CT molecular complexity index is 821. The topological polar surface area (TPSA) is 87.4 Å². The lowest BCUT2D eigenvalue weighted by atomic mass is 9.93. The molecule has 4 rings (SSSR count). The molecule has 0 spiro atoms. The van der Waals surface area contributed by atoms with E-state index in [9.17, 15) is 4.79 Å². The lowest BCUT2D eigenvalue weighted by Crippen LogP contribution is -2.51. The SMILES string of the molecule is Nc1nccc(N2CCC(N3CCC[C@H](C(=O)NCCc4ccccc4)C3)CC2)n1. The van der Waals surface area contributed by atoms with Crippen LogP contribution in [0.15, 0.2) is 42.6 Å². The first-order valence-electron chi connectivity index (χ1n) is 11.1. The number of nitrogens with one attached hydrogen (secondary N) is 1. The number of nitrogens with two attached hydrogens (primary N) is 1. The first-order valence-corrected chi connectivity index (χ1v) is 11.1. The summed E-state index contributed by atoms with van der Waals surface area (Å²) in [6, 6.07) is 12.8. The minimum atomic E-state index is 0.106. The lowest BCUT2D eigenvalue weighted by Gasteiger charge is -2.42. The zero-order valence-electron chi connectivity index (χ0n) is 17.5. The van der Waals surface area contributed by atoms with Crippen molar-refractivity contribution < 1.29 is 4.79 Å². The number of benzene rings is 1. The lowest BCUT2D eigenvalue weighted by molar-refractivity contribution is -0.127. The van der Waals surface area contributed by atoms with Gasteiger partial charge in [0.2, 0.25) is 11.9 Å². The van der Waals surface area contributed by atoms with Crippen LogP contribution in [-0.2, 0) is 11.2 Å². The van der Waals surface area contributed by atoms with Gasteiger partial charge < -0.3 is 16.0 Å². The second-order valence-corrected chi connectivity index (χ2v) is 8.35. The highest BCUT2D eigenvalue weighted by Gasteiger charge is 2.31. The number of rotatable bonds is 6. The smallest absolute Gasteiger partial charge is 0.224 e. The molecule has 7 heteroatoms. The van der Waals surface area contributed by atoms with Gasteiger partial charge in [-0.2, -0.15) is 4.98 Å². The largest absolute Gasteiger partial charge is 0.368 e. The van der Waals surface area contributed by atoms with Crippen LogP contribution in [0.1, 0.15) is 31.2 Å². The van der Waals surface area contributed by atoms with E-state index in [0.717, 1.165) is 64.1 Å². The van der Waals surface area contributed by atoms with Gasteiger partial charge in [0.15, 0.2) is 0 Å². The van der Waals surface area contributed by atoms with Crippen LogP contribution in [0.2, 0.25) is 0 Å². The van der Waals surface area contributed by atoms with Crippen LogP contribution in [0.4, 0.5) is 11.8 Å². The van der Waals surface area contributed by atoms with Crippen LogP contribution in [-0.4, -0.2) is 59.5 Å². The Balaban J connectivity index is 1.23. The summed E-state index contributed by atoms with van der Waals surface area (Å²) in [5.74, 6) is 1.56. The molecule has 160 valence electrons.